The van der Waals surface area contributed by atoms with Crippen LogP contribution in [0.4, 0.5) is 0 Å². The SMILES string of the molecule is CS(=O)(=O)Cc1cnnn1[C@H]1C[C@@H](C(=O)NC2(C(=O)C(N)O)CCCCC2)N(C(=O)[C@@H](CC2CCCCC2)NC(=O)c2ccc(S(C)(=O)=O)cc2)C1. The maximum atomic E-state index is 14.7. The van der Waals surface area contributed by atoms with Crippen molar-refractivity contribution in [3.05, 3.63) is 41.7 Å². The molecule has 0 radical (unpaired) electrons. The van der Waals surface area contributed by atoms with Gasteiger partial charge in [0.1, 0.15) is 17.6 Å². The minimum atomic E-state index is -3.51. The van der Waals surface area contributed by atoms with Crippen LogP contribution in [0.3, 0.4) is 0 Å². The van der Waals surface area contributed by atoms with Gasteiger partial charge in [0.25, 0.3) is 5.91 Å². The first-order chi connectivity index (χ1) is 24.5. The molecule has 2 aliphatic carbocycles. The summed E-state index contributed by atoms with van der Waals surface area (Å²) in [4.78, 5) is 57.3. The molecule has 18 heteroatoms. The summed E-state index contributed by atoms with van der Waals surface area (Å²) < 4.78 is 49.8. The zero-order valence-electron chi connectivity index (χ0n) is 29.6. The standard InChI is InChI=1S/C34H49N7O9S2/c1-51(47,48)21-25-19-36-39-41(25)24-18-28(32(45)38-34(29(42)30(35)43)15-7-4-8-16-34)40(20-24)33(46)27(17-22-9-5-3-6-10-22)37-31(44)23-11-13-26(14-12-23)52(2,49)50/h11-14,19,22,24,27-28,30,43H,3-10,15-18,20-21,35H2,1-2H3,(H,37,44)(H,38,45)/t24-,27+,28-,30?/m0/s1. The minimum absolute atomic E-state index is 0.00416. The van der Waals surface area contributed by atoms with Crippen LogP contribution in [0, 0.1) is 5.92 Å². The number of aromatic nitrogens is 3. The molecule has 3 amide bonds. The average Bonchev–Trinajstić information content (AvgIpc) is 3.74. The first kappa shape index (κ1) is 39.5. The Labute approximate surface area is 304 Å². The number of ketones is 1. The lowest BCUT2D eigenvalue weighted by molar-refractivity contribution is -0.144. The number of rotatable bonds is 13. The van der Waals surface area contributed by atoms with Crippen molar-refractivity contribution < 1.29 is 41.1 Å². The van der Waals surface area contributed by atoms with Crippen LogP contribution in [0.15, 0.2) is 35.4 Å². The zero-order valence-corrected chi connectivity index (χ0v) is 31.2. The number of sulfone groups is 2. The van der Waals surface area contributed by atoms with Gasteiger partial charge in [-0.1, -0.05) is 56.6 Å². The van der Waals surface area contributed by atoms with Gasteiger partial charge in [0.15, 0.2) is 25.9 Å². The van der Waals surface area contributed by atoms with Crippen LogP contribution in [0.5, 0.6) is 0 Å². The number of hydrogen-bond acceptors (Lipinski definition) is 12. The Balaban J connectivity index is 1.48. The van der Waals surface area contributed by atoms with Crippen LogP contribution >= 0.6 is 0 Å². The predicted octanol–water partition coefficient (Wildman–Crippen LogP) is 0.803. The van der Waals surface area contributed by atoms with E-state index in [1.165, 1.54) is 40.0 Å². The average molecular weight is 764 g/mol. The second-order valence-corrected chi connectivity index (χ2v) is 18.8. The van der Waals surface area contributed by atoms with Gasteiger partial charge >= 0.3 is 0 Å². The highest BCUT2D eigenvalue weighted by atomic mass is 32.2. The van der Waals surface area contributed by atoms with Crippen LogP contribution in [0.2, 0.25) is 0 Å². The van der Waals surface area contributed by atoms with Crippen LogP contribution < -0.4 is 16.4 Å². The number of carbonyl (C=O) groups is 4. The Kier molecular flexibility index (Phi) is 12.2. The molecule has 3 aliphatic rings. The van der Waals surface area contributed by atoms with E-state index < -0.39 is 73.1 Å². The Morgan fingerprint density at radius 3 is 2.21 bits per heavy atom. The van der Waals surface area contributed by atoms with Crippen LogP contribution in [0.1, 0.15) is 99.1 Å². The molecule has 1 aromatic heterocycles. The molecule has 5 rings (SSSR count). The number of amides is 3. The molecule has 1 saturated heterocycles. The van der Waals surface area contributed by atoms with Crippen molar-refractivity contribution in [2.75, 3.05) is 19.1 Å². The fourth-order valence-electron chi connectivity index (χ4n) is 7.89. The summed E-state index contributed by atoms with van der Waals surface area (Å²) in [6.45, 7) is -0.0718. The number of aliphatic hydroxyl groups is 1. The van der Waals surface area contributed by atoms with Gasteiger partial charge in [-0.25, -0.2) is 21.5 Å². The molecule has 286 valence electrons. The lowest BCUT2D eigenvalue weighted by Crippen LogP contribution is -2.63. The van der Waals surface area contributed by atoms with Gasteiger partial charge in [-0.2, -0.15) is 0 Å². The van der Waals surface area contributed by atoms with E-state index in [9.17, 15) is 41.1 Å². The highest BCUT2D eigenvalue weighted by molar-refractivity contribution is 7.90. The number of likely N-dealkylation sites (tertiary alicyclic amines) is 1. The number of Topliss-reactive ketones (excluding diaryl/α,β-unsaturated/α-hetero) is 1. The second-order valence-electron chi connectivity index (χ2n) is 14.6. The Morgan fingerprint density at radius 2 is 1.62 bits per heavy atom. The lowest BCUT2D eigenvalue weighted by atomic mass is 9.77. The molecule has 1 unspecified atom stereocenters. The molecule has 16 nitrogen and oxygen atoms in total. The third-order valence-corrected chi connectivity index (χ3v) is 12.5. The predicted molar refractivity (Wildman–Crippen MR) is 189 cm³/mol. The Hall–Kier alpha value is -3.74. The van der Waals surface area contributed by atoms with E-state index in [2.05, 4.69) is 20.9 Å². The van der Waals surface area contributed by atoms with Gasteiger partial charge in [-0.3, -0.25) is 24.9 Å². The number of carbonyl (C=O) groups excluding carboxylic acids is 4. The van der Waals surface area contributed by atoms with Gasteiger partial charge in [-0.15, -0.1) is 5.10 Å². The summed E-state index contributed by atoms with van der Waals surface area (Å²) in [6, 6.07) is 2.48. The summed E-state index contributed by atoms with van der Waals surface area (Å²) in [5.41, 5.74) is 4.60. The lowest BCUT2D eigenvalue weighted by Gasteiger charge is -2.39. The quantitative estimate of drug-likeness (QED) is 0.207. The molecule has 1 aromatic carbocycles. The molecule has 0 bridgehead atoms. The smallest absolute Gasteiger partial charge is 0.251 e. The van der Waals surface area contributed by atoms with Crippen molar-refractivity contribution >= 4 is 43.2 Å². The highest BCUT2D eigenvalue weighted by Crippen LogP contribution is 2.34. The van der Waals surface area contributed by atoms with Gasteiger partial charge in [0.2, 0.25) is 17.6 Å². The molecule has 2 aromatic rings. The largest absolute Gasteiger partial charge is 0.371 e. The van der Waals surface area contributed by atoms with E-state index in [1.54, 1.807) is 0 Å². The highest BCUT2D eigenvalue weighted by Gasteiger charge is 2.48. The number of nitrogens with one attached hydrogen (secondary N) is 2. The minimum Gasteiger partial charge on any atom is -0.371 e. The molecular weight excluding hydrogens is 715 g/mol. The molecule has 4 atom stereocenters. The number of hydrogen-bond donors (Lipinski definition) is 4. The second kappa shape index (κ2) is 16.1. The molecule has 52 heavy (non-hydrogen) atoms. The van der Waals surface area contributed by atoms with Gasteiger partial charge < -0.3 is 20.6 Å². The Bertz CT molecular complexity index is 1850. The summed E-state index contributed by atoms with van der Waals surface area (Å²) in [6.07, 6.45) is 9.24. The molecule has 2 saturated carbocycles. The fourth-order valence-corrected chi connectivity index (χ4v) is 9.27. The molecule has 5 N–H and O–H groups in total. The maximum absolute atomic E-state index is 14.7. The van der Waals surface area contributed by atoms with Gasteiger partial charge in [-0.05, 0) is 49.4 Å². The molecule has 1 aliphatic heterocycles. The van der Waals surface area contributed by atoms with Crippen molar-refractivity contribution in [2.24, 2.45) is 11.7 Å². The molecule has 2 heterocycles. The van der Waals surface area contributed by atoms with E-state index in [1.807, 2.05) is 0 Å². The van der Waals surface area contributed by atoms with E-state index in [0.29, 0.717) is 19.3 Å². The number of nitrogens with two attached hydrogens (primary N) is 1. The van der Waals surface area contributed by atoms with Crippen LogP contribution in [-0.2, 0) is 39.8 Å². The summed E-state index contributed by atoms with van der Waals surface area (Å²) in [5.74, 6) is -2.75. The van der Waals surface area contributed by atoms with Crippen molar-refractivity contribution in [1.82, 2.24) is 30.5 Å². The Morgan fingerprint density at radius 1 is 0.981 bits per heavy atom. The van der Waals surface area contributed by atoms with Crippen LogP contribution in [-0.4, -0.2) is 108 Å². The summed E-state index contributed by atoms with van der Waals surface area (Å²) in [5, 5.41) is 23.8. The third-order valence-electron chi connectivity index (χ3n) is 10.5. The first-order valence-corrected chi connectivity index (χ1v) is 21.7. The topological polar surface area (TPSA) is 241 Å². The number of aliphatic hydroxyl groups excluding tert-OH is 1. The molecule has 0 spiro atoms. The molecular formula is C34H49N7O9S2. The normalized spacial score (nSPS) is 22.3. The van der Waals surface area contributed by atoms with Crippen LogP contribution in [0.25, 0.3) is 0 Å². The van der Waals surface area contributed by atoms with Gasteiger partial charge in [0, 0.05) is 31.0 Å². The van der Waals surface area contributed by atoms with E-state index in [4.69, 9.17) is 5.73 Å². The van der Waals surface area contributed by atoms with Crippen molar-refractivity contribution in [1.29, 1.82) is 0 Å². The van der Waals surface area contributed by atoms with Crippen molar-refractivity contribution in [3.63, 3.8) is 0 Å². The van der Waals surface area contributed by atoms with Crippen molar-refractivity contribution in [3.8, 4) is 0 Å². The molecule has 3 fully saturated rings. The number of nitrogens with zero attached hydrogens (tertiary/aromatic N) is 4. The number of benzene rings is 1. The summed E-state index contributed by atoms with van der Waals surface area (Å²) in [7, 11) is -7.01. The van der Waals surface area contributed by atoms with E-state index in [-0.39, 0.29) is 53.6 Å². The fraction of sp³-hybridized carbons (Fsp3) is 0.647. The zero-order chi connectivity index (χ0) is 37.8. The first-order valence-electron chi connectivity index (χ1n) is 17.8. The summed E-state index contributed by atoms with van der Waals surface area (Å²) >= 11 is 0. The monoisotopic (exact) mass is 763 g/mol. The third kappa shape index (κ3) is 9.43. The van der Waals surface area contributed by atoms with E-state index >= 15 is 0 Å². The van der Waals surface area contributed by atoms with Gasteiger partial charge in [0.05, 0.1) is 28.6 Å². The van der Waals surface area contributed by atoms with E-state index in [0.717, 1.165) is 51.0 Å². The maximum Gasteiger partial charge on any atom is 0.251 e. The van der Waals surface area contributed by atoms with Crippen molar-refractivity contribution in [2.45, 2.75) is 118 Å².